The summed E-state index contributed by atoms with van der Waals surface area (Å²) in [6, 6.07) is 8.44. The number of carbonyl (C=O) groups excluding carboxylic acids is 1. The third kappa shape index (κ3) is 2.71. The van der Waals surface area contributed by atoms with Gasteiger partial charge in [-0.05, 0) is 77.6 Å². The zero-order valence-corrected chi connectivity index (χ0v) is 15.3. The van der Waals surface area contributed by atoms with Crippen molar-refractivity contribution in [2.75, 3.05) is 12.4 Å². The van der Waals surface area contributed by atoms with E-state index in [0.29, 0.717) is 18.2 Å². The molecule has 5 heteroatoms. The lowest BCUT2D eigenvalue weighted by Crippen LogP contribution is -2.18. The Hall–Kier alpha value is -1.63. The Labute approximate surface area is 149 Å². The third-order valence-electron chi connectivity index (χ3n) is 4.55. The van der Waals surface area contributed by atoms with Crippen LogP contribution in [0.15, 0.2) is 24.3 Å². The maximum Gasteiger partial charge on any atom is 0.272 e. The number of nitrogens with zero attached hydrogens (tertiary/aromatic N) is 2. The first kappa shape index (κ1) is 14.9. The number of halogens is 1. The van der Waals surface area contributed by atoms with Crippen molar-refractivity contribution in [2.45, 2.75) is 32.2 Å². The van der Waals surface area contributed by atoms with Crippen molar-refractivity contribution in [1.82, 2.24) is 9.88 Å². The molecule has 1 N–H and O–H groups in total. The number of carbonyl (C=O) groups is 1. The van der Waals surface area contributed by atoms with Gasteiger partial charge in [-0.15, -0.1) is 0 Å². The Kier molecular flexibility index (Phi) is 3.55. The SMILES string of the molecule is Cc1cc(Nc2ccc3c(n2)C(=O)N(C)C3)c(C2CC2)cc1I. The standard InChI is InChI=1S/C18H18IN3O/c1-10-7-15(13(8-14(10)19)11-3-4-11)20-16-6-5-12-9-22(2)18(23)17(12)21-16/h5-8,11H,3-4,9H2,1-2H3,(H,20,21). The van der Waals surface area contributed by atoms with E-state index in [1.54, 1.807) is 4.90 Å². The first-order valence-electron chi connectivity index (χ1n) is 7.85. The molecule has 23 heavy (non-hydrogen) atoms. The fraction of sp³-hybridized carbons (Fsp3) is 0.333. The highest BCUT2D eigenvalue weighted by Gasteiger charge is 2.28. The molecule has 0 unspecified atom stereocenters. The quantitative estimate of drug-likeness (QED) is 0.759. The molecule has 1 saturated carbocycles. The number of rotatable bonds is 3. The van der Waals surface area contributed by atoms with E-state index in [1.807, 2.05) is 19.2 Å². The second-order valence-electron chi connectivity index (χ2n) is 6.45. The van der Waals surface area contributed by atoms with Crippen LogP contribution in [0.5, 0.6) is 0 Å². The minimum Gasteiger partial charge on any atom is -0.340 e. The number of pyridine rings is 1. The van der Waals surface area contributed by atoms with E-state index in [1.165, 1.54) is 27.5 Å². The average Bonchev–Trinajstić information content (AvgIpc) is 3.32. The monoisotopic (exact) mass is 419 g/mol. The highest BCUT2D eigenvalue weighted by atomic mass is 127. The minimum absolute atomic E-state index is 0.00450. The molecule has 0 saturated heterocycles. The minimum atomic E-state index is 0.00450. The van der Waals surface area contributed by atoms with Crippen molar-refractivity contribution >= 4 is 40.0 Å². The van der Waals surface area contributed by atoms with Gasteiger partial charge in [-0.2, -0.15) is 0 Å². The molecule has 2 heterocycles. The van der Waals surface area contributed by atoms with Gasteiger partial charge in [0.2, 0.25) is 0 Å². The summed E-state index contributed by atoms with van der Waals surface area (Å²) < 4.78 is 1.30. The Balaban J connectivity index is 1.69. The van der Waals surface area contributed by atoms with Crippen LogP contribution in [0.25, 0.3) is 0 Å². The number of hydrogen-bond donors (Lipinski definition) is 1. The van der Waals surface area contributed by atoms with Gasteiger partial charge in [0.1, 0.15) is 11.5 Å². The van der Waals surface area contributed by atoms with Gasteiger partial charge in [0.05, 0.1) is 0 Å². The fourth-order valence-corrected chi connectivity index (χ4v) is 3.54. The summed E-state index contributed by atoms with van der Waals surface area (Å²) in [6.07, 6.45) is 2.52. The van der Waals surface area contributed by atoms with Gasteiger partial charge in [0.25, 0.3) is 5.91 Å². The van der Waals surface area contributed by atoms with E-state index < -0.39 is 0 Å². The van der Waals surface area contributed by atoms with E-state index in [9.17, 15) is 4.79 Å². The number of amides is 1. The summed E-state index contributed by atoms with van der Waals surface area (Å²) in [5.41, 5.74) is 5.33. The Bertz CT molecular complexity index is 814. The van der Waals surface area contributed by atoms with E-state index >= 15 is 0 Å². The average molecular weight is 419 g/mol. The van der Waals surface area contributed by atoms with Crippen LogP contribution in [0.1, 0.15) is 45.9 Å². The van der Waals surface area contributed by atoms with Crippen LogP contribution in [0.3, 0.4) is 0 Å². The molecule has 2 aliphatic rings. The van der Waals surface area contributed by atoms with Gasteiger partial charge in [0, 0.05) is 28.4 Å². The van der Waals surface area contributed by atoms with Crippen LogP contribution < -0.4 is 5.32 Å². The van der Waals surface area contributed by atoms with Crippen LogP contribution in [0.2, 0.25) is 0 Å². The molecule has 2 aromatic rings. The first-order chi connectivity index (χ1) is 11.0. The Morgan fingerprint density at radius 3 is 2.83 bits per heavy atom. The number of nitrogens with one attached hydrogen (secondary N) is 1. The van der Waals surface area contributed by atoms with Crippen LogP contribution in [0.4, 0.5) is 11.5 Å². The number of benzene rings is 1. The largest absolute Gasteiger partial charge is 0.340 e. The molecule has 118 valence electrons. The highest BCUT2D eigenvalue weighted by molar-refractivity contribution is 14.1. The number of fused-ring (bicyclic) bond motifs is 1. The van der Waals surface area contributed by atoms with Crippen molar-refractivity contribution in [2.24, 2.45) is 0 Å². The normalized spacial score (nSPS) is 16.7. The topological polar surface area (TPSA) is 45.2 Å². The highest BCUT2D eigenvalue weighted by Crippen LogP contribution is 2.45. The molecule has 1 fully saturated rings. The molecule has 0 radical (unpaired) electrons. The Morgan fingerprint density at radius 2 is 2.09 bits per heavy atom. The third-order valence-corrected chi connectivity index (χ3v) is 5.71. The molecule has 0 spiro atoms. The summed E-state index contributed by atoms with van der Waals surface area (Å²) in [6.45, 7) is 2.77. The lowest BCUT2D eigenvalue weighted by Gasteiger charge is -2.14. The molecular formula is C18H18IN3O. The number of anilines is 2. The summed E-state index contributed by atoms with van der Waals surface area (Å²) in [4.78, 5) is 18.4. The van der Waals surface area contributed by atoms with Crippen molar-refractivity contribution in [1.29, 1.82) is 0 Å². The van der Waals surface area contributed by atoms with Crippen molar-refractivity contribution < 1.29 is 4.79 Å². The first-order valence-corrected chi connectivity index (χ1v) is 8.93. The summed E-state index contributed by atoms with van der Waals surface area (Å²) in [5, 5.41) is 3.44. The van der Waals surface area contributed by atoms with E-state index in [4.69, 9.17) is 0 Å². The smallest absolute Gasteiger partial charge is 0.272 e. The fourth-order valence-electron chi connectivity index (χ4n) is 3.05. The van der Waals surface area contributed by atoms with Crippen molar-refractivity contribution in [3.05, 3.63) is 50.2 Å². The maximum atomic E-state index is 12.1. The van der Waals surface area contributed by atoms with E-state index in [0.717, 1.165) is 17.1 Å². The van der Waals surface area contributed by atoms with E-state index in [2.05, 4.69) is 51.9 Å². The van der Waals surface area contributed by atoms with Gasteiger partial charge >= 0.3 is 0 Å². The summed E-state index contributed by atoms with van der Waals surface area (Å²) in [5.74, 6) is 1.41. The molecule has 1 aliphatic heterocycles. The van der Waals surface area contributed by atoms with Crippen LogP contribution >= 0.6 is 22.6 Å². The lowest BCUT2D eigenvalue weighted by atomic mass is 10.1. The predicted molar refractivity (Wildman–Crippen MR) is 99.2 cm³/mol. The lowest BCUT2D eigenvalue weighted by molar-refractivity contribution is 0.0812. The molecular weight excluding hydrogens is 401 g/mol. The van der Waals surface area contributed by atoms with E-state index in [-0.39, 0.29) is 5.91 Å². The zero-order valence-electron chi connectivity index (χ0n) is 13.2. The van der Waals surface area contributed by atoms with Crippen molar-refractivity contribution in [3.63, 3.8) is 0 Å². The Morgan fingerprint density at radius 1 is 1.30 bits per heavy atom. The van der Waals surface area contributed by atoms with Crippen molar-refractivity contribution in [3.8, 4) is 0 Å². The molecule has 4 nitrogen and oxygen atoms in total. The number of aryl methyl sites for hydroxylation is 1. The molecule has 0 atom stereocenters. The van der Waals surface area contributed by atoms with Gasteiger partial charge in [-0.25, -0.2) is 4.98 Å². The molecule has 0 bridgehead atoms. The molecule has 1 amide bonds. The molecule has 4 rings (SSSR count). The number of aromatic nitrogens is 1. The second-order valence-corrected chi connectivity index (χ2v) is 7.62. The van der Waals surface area contributed by atoms with Crippen LogP contribution in [-0.2, 0) is 6.54 Å². The van der Waals surface area contributed by atoms with Gasteiger partial charge < -0.3 is 10.2 Å². The van der Waals surface area contributed by atoms with Crippen LogP contribution in [0, 0.1) is 10.5 Å². The second kappa shape index (κ2) is 5.47. The predicted octanol–water partition coefficient (Wildman–Crippen LogP) is 4.20. The van der Waals surface area contributed by atoms with Gasteiger partial charge in [-0.3, -0.25) is 4.79 Å². The van der Waals surface area contributed by atoms with Gasteiger partial charge in [0.15, 0.2) is 0 Å². The molecule has 1 aromatic carbocycles. The van der Waals surface area contributed by atoms with Crippen LogP contribution in [-0.4, -0.2) is 22.8 Å². The maximum absolute atomic E-state index is 12.1. The summed E-state index contributed by atoms with van der Waals surface area (Å²) in [7, 11) is 1.81. The molecule has 1 aromatic heterocycles. The van der Waals surface area contributed by atoms with Gasteiger partial charge in [-0.1, -0.05) is 6.07 Å². The summed E-state index contributed by atoms with van der Waals surface area (Å²) >= 11 is 2.39. The molecule has 1 aliphatic carbocycles. The number of hydrogen-bond acceptors (Lipinski definition) is 3. The zero-order chi connectivity index (χ0) is 16.1.